The molecule has 1 aliphatic rings. The molecule has 2 aromatic carbocycles. The summed E-state index contributed by atoms with van der Waals surface area (Å²) in [5, 5.41) is 6.92. The van der Waals surface area contributed by atoms with Crippen molar-refractivity contribution in [1.29, 1.82) is 0 Å². The highest BCUT2D eigenvalue weighted by Crippen LogP contribution is 2.34. The van der Waals surface area contributed by atoms with Gasteiger partial charge >= 0.3 is 12.2 Å². The summed E-state index contributed by atoms with van der Waals surface area (Å²) in [7, 11) is 0. The van der Waals surface area contributed by atoms with Gasteiger partial charge in [0, 0.05) is 24.2 Å². The standard InChI is InChI=1S/C23H17ClF4N4O3/c24-16-5-3-13(23(26,27)28)9-19(16)31-22(34)30-18-6-4-14(10-17(18)25)35-15-7-8-29-20(11-15)32-21(33)12-1-2-12/h3-12H,1-2H2,(H,29,32,33)(H2,30,31,34). The number of carbonyl (C=O) groups excluding carboxylic acids is 2. The Labute approximate surface area is 201 Å². The molecule has 4 rings (SSSR count). The Kier molecular flexibility index (Phi) is 6.79. The number of urea groups is 1. The first-order valence-corrected chi connectivity index (χ1v) is 10.7. The minimum Gasteiger partial charge on any atom is -0.457 e. The maximum atomic E-state index is 14.5. The average molecular weight is 509 g/mol. The highest BCUT2D eigenvalue weighted by molar-refractivity contribution is 6.33. The molecule has 182 valence electrons. The first kappa shape index (κ1) is 24.3. The molecule has 1 heterocycles. The predicted molar refractivity (Wildman–Crippen MR) is 121 cm³/mol. The van der Waals surface area contributed by atoms with E-state index in [1.54, 1.807) is 0 Å². The molecule has 1 fully saturated rings. The van der Waals surface area contributed by atoms with Gasteiger partial charge in [0.2, 0.25) is 5.91 Å². The number of nitrogens with one attached hydrogen (secondary N) is 3. The molecule has 7 nitrogen and oxygen atoms in total. The summed E-state index contributed by atoms with van der Waals surface area (Å²) < 4.78 is 58.8. The number of pyridine rings is 1. The fourth-order valence-electron chi connectivity index (χ4n) is 2.99. The van der Waals surface area contributed by atoms with E-state index >= 15 is 0 Å². The smallest absolute Gasteiger partial charge is 0.416 e. The van der Waals surface area contributed by atoms with Crippen molar-refractivity contribution in [2.75, 3.05) is 16.0 Å². The van der Waals surface area contributed by atoms with Gasteiger partial charge < -0.3 is 20.7 Å². The molecule has 35 heavy (non-hydrogen) atoms. The van der Waals surface area contributed by atoms with Crippen LogP contribution in [0.2, 0.25) is 5.02 Å². The summed E-state index contributed by atoms with van der Waals surface area (Å²) in [4.78, 5) is 28.1. The van der Waals surface area contributed by atoms with Crippen LogP contribution in [-0.2, 0) is 11.0 Å². The predicted octanol–water partition coefficient (Wildman–Crippen LogP) is 6.68. The third-order valence-electron chi connectivity index (χ3n) is 4.90. The van der Waals surface area contributed by atoms with Gasteiger partial charge in [0.05, 0.1) is 22.0 Å². The maximum absolute atomic E-state index is 14.5. The van der Waals surface area contributed by atoms with Crippen LogP contribution in [0, 0.1) is 11.7 Å². The monoisotopic (exact) mass is 508 g/mol. The van der Waals surface area contributed by atoms with Gasteiger partial charge in [-0.05, 0) is 49.2 Å². The van der Waals surface area contributed by atoms with Gasteiger partial charge in [0.15, 0.2) is 0 Å². The lowest BCUT2D eigenvalue weighted by Gasteiger charge is -2.13. The van der Waals surface area contributed by atoms with Crippen molar-refractivity contribution in [2.45, 2.75) is 19.0 Å². The largest absolute Gasteiger partial charge is 0.457 e. The van der Waals surface area contributed by atoms with Gasteiger partial charge in [-0.3, -0.25) is 4.79 Å². The number of hydrogen-bond acceptors (Lipinski definition) is 4. The highest BCUT2D eigenvalue weighted by Gasteiger charge is 2.31. The summed E-state index contributed by atoms with van der Waals surface area (Å²) in [6, 6.07) is 8.05. The molecule has 1 aromatic heterocycles. The van der Waals surface area contributed by atoms with Crippen LogP contribution in [0.4, 0.5) is 39.5 Å². The maximum Gasteiger partial charge on any atom is 0.416 e. The second-order valence-electron chi connectivity index (χ2n) is 7.66. The lowest BCUT2D eigenvalue weighted by molar-refractivity contribution is -0.137. The SMILES string of the molecule is O=C(Nc1ccc(Oc2ccnc(NC(=O)C3CC3)c2)cc1F)Nc1cc(C(F)(F)F)ccc1Cl. The zero-order valence-electron chi connectivity index (χ0n) is 17.7. The Bertz CT molecular complexity index is 1280. The Morgan fingerprint density at radius 1 is 0.943 bits per heavy atom. The van der Waals surface area contributed by atoms with E-state index in [2.05, 4.69) is 20.9 Å². The number of hydrogen-bond donors (Lipinski definition) is 3. The Balaban J connectivity index is 1.40. The van der Waals surface area contributed by atoms with Crippen molar-refractivity contribution in [1.82, 2.24) is 4.98 Å². The van der Waals surface area contributed by atoms with E-state index in [-0.39, 0.29) is 34.0 Å². The quantitative estimate of drug-likeness (QED) is 0.324. The molecule has 1 saturated carbocycles. The number of nitrogens with zero attached hydrogens (tertiary/aromatic N) is 1. The zero-order valence-corrected chi connectivity index (χ0v) is 18.5. The fraction of sp³-hybridized carbons (Fsp3) is 0.174. The summed E-state index contributed by atoms with van der Waals surface area (Å²) in [6.07, 6.45) is -1.52. The van der Waals surface area contributed by atoms with E-state index in [9.17, 15) is 27.2 Å². The number of anilines is 3. The number of carbonyl (C=O) groups is 2. The van der Waals surface area contributed by atoms with E-state index in [4.69, 9.17) is 16.3 Å². The van der Waals surface area contributed by atoms with E-state index < -0.39 is 23.6 Å². The minimum absolute atomic E-state index is 0.00248. The molecule has 0 unspecified atom stereocenters. The summed E-state index contributed by atoms with van der Waals surface area (Å²) >= 11 is 5.85. The number of alkyl halides is 3. The third kappa shape index (κ3) is 6.38. The molecular formula is C23H17ClF4N4O3. The third-order valence-corrected chi connectivity index (χ3v) is 5.23. The molecule has 3 N–H and O–H groups in total. The molecule has 3 aromatic rings. The van der Waals surface area contributed by atoms with Gasteiger partial charge in [0.1, 0.15) is 23.1 Å². The van der Waals surface area contributed by atoms with Crippen molar-refractivity contribution in [3.8, 4) is 11.5 Å². The molecule has 12 heteroatoms. The molecule has 0 radical (unpaired) electrons. The molecule has 0 aliphatic heterocycles. The second kappa shape index (κ2) is 9.79. The van der Waals surface area contributed by atoms with Gasteiger partial charge in [-0.2, -0.15) is 13.2 Å². The topological polar surface area (TPSA) is 92.3 Å². The normalized spacial score (nSPS) is 13.2. The van der Waals surface area contributed by atoms with Crippen molar-refractivity contribution in [3.63, 3.8) is 0 Å². The van der Waals surface area contributed by atoms with Crippen LogP contribution < -0.4 is 20.7 Å². The van der Waals surface area contributed by atoms with Gasteiger partial charge in [0.25, 0.3) is 0 Å². The summed E-state index contributed by atoms with van der Waals surface area (Å²) in [5.41, 5.74) is -1.54. The molecule has 1 aliphatic carbocycles. The van der Waals surface area contributed by atoms with Crippen LogP contribution in [0.3, 0.4) is 0 Å². The van der Waals surface area contributed by atoms with Crippen LogP contribution in [0.25, 0.3) is 0 Å². The number of rotatable bonds is 6. The summed E-state index contributed by atoms with van der Waals surface area (Å²) in [5.74, 6) is -0.298. The summed E-state index contributed by atoms with van der Waals surface area (Å²) in [6.45, 7) is 0. The van der Waals surface area contributed by atoms with Gasteiger partial charge in [-0.25, -0.2) is 14.2 Å². The van der Waals surface area contributed by atoms with E-state index in [0.29, 0.717) is 17.6 Å². The number of ether oxygens (including phenoxy) is 1. The fourth-order valence-corrected chi connectivity index (χ4v) is 3.15. The van der Waals surface area contributed by atoms with Crippen molar-refractivity contribution in [3.05, 3.63) is 71.1 Å². The Hall–Kier alpha value is -3.86. The molecule has 0 saturated heterocycles. The van der Waals surface area contributed by atoms with Crippen molar-refractivity contribution >= 4 is 40.7 Å². The van der Waals surface area contributed by atoms with E-state index in [1.807, 2.05) is 0 Å². The van der Waals surface area contributed by atoms with Crippen LogP contribution in [0.5, 0.6) is 11.5 Å². The number of amides is 3. The van der Waals surface area contributed by atoms with Gasteiger partial charge in [-0.1, -0.05) is 11.6 Å². The van der Waals surface area contributed by atoms with E-state index in [1.165, 1.54) is 30.5 Å². The van der Waals surface area contributed by atoms with Crippen LogP contribution in [0.15, 0.2) is 54.7 Å². The number of halogens is 5. The number of benzene rings is 2. The van der Waals surface area contributed by atoms with E-state index in [0.717, 1.165) is 31.0 Å². The van der Waals surface area contributed by atoms with Crippen molar-refractivity contribution < 1.29 is 31.9 Å². The van der Waals surface area contributed by atoms with Crippen LogP contribution in [-0.4, -0.2) is 16.9 Å². The molecule has 3 amide bonds. The molecule has 0 spiro atoms. The average Bonchev–Trinajstić information content (AvgIpc) is 3.62. The molecule has 0 bridgehead atoms. The van der Waals surface area contributed by atoms with Crippen molar-refractivity contribution in [2.24, 2.45) is 5.92 Å². The lowest BCUT2D eigenvalue weighted by atomic mass is 10.2. The first-order chi connectivity index (χ1) is 16.6. The number of aromatic nitrogens is 1. The molecular weight excluding hydrogens is 492 g/mol. The minimum atomic E-state index is -4.63. The second-order valence-corrected chi connectivity index (χ2v) is 8.06. The Morgan fingerprint density at radius 2 is 1.66 bits per heavy atom. The molecule has 0 atom stereocenters. The zero-order chi connectivity index (χ0) is 25.2. The highest BCUT2D eigenvalue weighted by atomic mass is 35.5. The lowest BCUT2D eigenvalue weighted by Crippen LogP contribution is -2.20. The van der Waals surface area contributed by atoms with Crippen LogP contribution >= 0.6 is 11.6 Å². The first-order valence-electron chi connectivity index (χ1n) is 10.3. The van der Waals surface area contributed by atoms with Crippen LogP contribution in [0.1, 0.15) is 18.4 Å². The van der Waals surface area contributed by atoms with Gasteiger partial charge in [-0.15, -0.1) is 0 Å². The Morgan fingerprint density at radius 3 is 2.34 bits per heavy atom.